The second-order valence-electron chi connectivity index (χ2n) is 11.1. The predicted molar refractivity (Wildman–Crippen MR) is 117 cm³/mol. The largest absolute Gasteiger partial charge is 0.465 e. The van der Waals surface area contributed by atoms with Crippen molar-refractivity contribution >= 4 is 11.8 Å². The van der Waals surface area contributed by atoms with E-state index in [0.717, 1.165) is 51.6 Å². The molecule has 0 amide bonds. The fourth-order valence-electron chi connectivity index (χ4n) is 4.57. The number of carbonyl (C=O) groups is 2. The van der Waals surface area contributed by atoms with Crippen molar-refractivity contribution in [3.8, 4) is 0 Å². The monoisotopic (exact) mass is 408 g/mol. The van der Waals surface area contributed by atoms with Crippen LogP contribution in [0.4, 0.5) is 0 Å². The summed E-state index contributed by atoms with van der Waals surface area (Å²) in [5, 5.41) is 0. The van der Waals surface area contributed by atoms with Gasteiger partial charge < -0.3 is 9.47 Å². The molecule has 168 valence electrons. The molecule has 2 rings (SSSR count). The molecule has 0 atom stereocenters. The van der Waals surface area contributed by atoms with E-state index in [2.05, 4.69) is 27.7 Å². The van der Waals surface area contributed by atoms with Gasteiger partial charge in [0.05, 0.1) is 24.7 Å². The van der Waals surface area contributed by atoms with Crippen LogP contribution in [0.25, 0.3) is 0 Å². The summed E-state index contributed by atoms with van der Waals surface area (Å²) in [4.78, 5) is 25.2. The highest BCUT2D eigenvalue weighted by Gasteiger charge is 2.36. The fourth-order valence-corrected chi connectivity index (χ4v) is 4.57. The molecule has 0 saturated heterocycles. The molecule has 0 aromatic rings. The minimum atomic E-state index is -0.241. The molecular weight excluding hydrogens is 364 g/mol. The Labute approximate surface area is 178 Å². The molecule has 0 bridgehead atoms. The molecule has 0 aromatic heterocycles. The molecule has 2 fully saturated rings. The first-order valence-electron chi connectivity index (χ1n) is 11.9. The molecule has 4 heteroatoms. The van der Waals surface area contributed by atoms with Crippen molar-refractivity contribution in [2.75, 3.05) is 13.2 Å². The van der Waals surface area contributed by atoms with Crippen molar-refractivity contribution in [3.63, 3.8) is 0 Å². The molecular formula is C25H44O4. The topological polar surface area (TPSA) is 52.6 Å². The lowest BCUT2D eigenvalue weighted by molar-refractivity contribution is -0.152. The van der Waals surface area contributed by atoms with Crippen molar-refractivity contribution < 1.29 is 19.1 Å². The maximum atomic E-state index is 12.7. The smallest absolute Gasteiger partial charge is 0.308 e. The van der Waals surface area contributed by atoms with Gasteiger partial charge in [-0.05, 0) is 90.4 Å². The Morgan fingerprint density at radius 1 is 0.759 bits per heavy atom. The van der Waals surface area contributed by atoms with Crippen molar-refractivity contribution in [1.29, 1.82) is 0 Å². The van der Waals surface area contributed by atoms with Gasteiger partial charge in [-0.1, -0.05) is 20.8 Å². The summed E-state index contributed by atoms with van der Waals surface area (Å²) in [6.07, 6.45) is 8.72. The van der Waals surface area contributed by atoms with E-state index in [-0.39, 0.29) is 28.8 Å². The lowest BCUT2D eigenvalue weighted by atomic mass is 9.72. The predicted octanol–water partition coefficient (Wildman–Crippen LogP) is 5.96. The summed E-state index contributed by atoms with van der Waals surface area (Å²) in [7, 11) is 0. The maximum Gasteiger partial charge on any atom is 0.308 e. The van der Waals surface area contributed by atoms with E-state index in [0.29, 0.717) is 24.2 Å². The molecule has 2 saturated carbocycles. The zero-order valence-electron chi connectivity index (χ0n) is 19.7. The van der Waals surface area contributed by atoms with Crippen LogP contribution in [0.2, 0.25) is 0 Å². The number of hydrogen-bond acceptors (Lipinski definition) is 4. The van der Waals surface area contributed by atoms with E-state index in [1.165, 1.54) is 12.8 Å². The van der Waals surface area contributed by atoms with E-state index >= 15 is 0 Å². The highest BCUT2D eigenvalue weighted by molar-refractivity contribution is 5.86. The Morgan fingerprint density at radius 2 is 1.24 bits per heavy atom. The molecule has 0 aliphatic heterocycles. The molecule has 0 unspecified atom stereocenters. The summed E-state index contributed by atoms with van der Waals surface area (Å²) in [5.41, 5.74) is -0.308. The molecule has 0 radical (unpaired) electrons. The van der Waals surface area contributed by atoms with Crippen molar-refractivity contribution in [2.24, 2.45) is 29.1 Å². The highest BCUT2D eigenvalue weighted by Crippen LogP contribution is 2.36. The summed E-state index contributed by atoms with van der Waals surface area (Å²) < 4.78 is 11.6. The highest BCUT2D eigenvalue weighted by atomic mass is 16.5. The van der Waals surface area contributed by atoms with E-state index < -0.39 is 0 Å². The quantitative estimate of drug-likeness (QED) is 0.465. The zero-order valence-corrected chi connectivity index (χ0v) is 19.7. The van der Waals surface area contributed by atoms with Gasteiger partial charge in [-0.3, -0.25) is 9.59 Å². The van der Waals surface area contributed by atoms with Crippen LogP contribution in [0.3, 0.4) is 0 Å². The second-order valence-corrected chi connectivity index (χ2v) is 11.1. The van der Waals surface area contributed by atoms with Crippen LogP contribution >= 0.6 is 0 Å². The van der Waals surface area contributed by atoms with E-state index in [9.17, 15) is 9.59 Å². The number of rotatable bonds is 8. The molecule has 0 aromatic carbocycles. The third kappa shape index (κ3) is 7.70. The first-order chi connectivity index (χ1) is 13.5. The number of ketones is 1. The molecule has 2 aliphatic carbocycles. The maximum absolute atomic E-state index is 12.7. The zero-order chi connectivity index (χ0) is 21.7. The van der Waals surface area contributed by atoms with Crippen molar-refractivity contribution in [2.45, 2.75) is 105 Å². The van der Waals surface area contributed by atoms with Crippen LogP contribution in [0, 0.1) is 29.1 Å². The van der Waals surface area contributed by atoms with Crippen LogP contribution in [-0.4, -0.2) is 30.6 Å². The van der Waals surface area contributed by atoms with Crippen LogP contribution < -0.4 is 0 Å². The minimum absolute atomic E-state index is 0.0136. The Morgan fingerprint density at radius 3 is 1.72 bits per heavy atom. The lowest BCUT2D eigenvalue weighted by Gasteiger charge is -2.33. The molecule has 2 aliphatic rings. The van der Waals surface area contributed by atoms with Gasteiger partial charge in [0.2, 0.25) is 0 Å². The van der Waals surface area contributed by atoms with Gasteiger partial charge in [0.25, 0.3) is 0 Å². The van der Waals surface area contributed by atoms with Crippen LogP contribution in [0.15, 0.2) is 0 Å². The molecule has 4 nitrogen and oxygen atoms in total. The van der Waals surface area contributed by atoms with Crippen molar-refractivity contribution in [1.82, 2.24) is 0 Å². The number of hydrogen-bond donors (Lipinski definition) is 0. The summed E-state index contributed by atoms with van der Waals surface area (Å²) in [5.74, 6) is 1.58. The van der Waals surface area contributed by atoms with Gasteiger partial charge in [0.15, 0.2) is 0 Å². The third-order valence-electron chi connectivity index (χ3n) is 7.16. The number of ether oxygens (including phenoxy) is 2. The Hall–Kier alpha value is -0.900. The van der Waals surface area contributed by atoms with Gasteiger partial charge in [-0.2, -0.15) is 0 Å². The summed E-state index contributed by atoms with van der Waals surface area (Å²) in [6, 6.07) is 0. The van der Waals surface area contributed by atoms with Gasteiger partial charge in [-0.15, -0.1) is 0 Å². The summed E-state index contributed by atoms with van der Waals surface area (Å²) >= 11 is 0. The second kappa shape index (κ2) is 10.4. The van der Waals surface area contributed by atoms with Crippen LogP contribution in [0.5, 0.6) is 0 Å². The van der Waals surface area contributed by atoms with E-state index in [4.69, 9.17) is 9.47 Å². The standard InChI is InChI=1S/C25H44O4/c1-7-25(5,6)22(26)20-12-14-21(15-13-20)23(27)28-16-18-8-10-19(11-9-18)17-29-24(2,3)4/h18-21H,7-17H2,1-6H3. The Balaban J connectivity index is 1.65. The molecule has 29 heavy (non-hydrogen) atoms. The first-order valence-corrected chi connectivity index (χ1v) is 11.9. The number of Topliss-reactive ketones (excluding diaryl/α,β-unsaturated/α-hetero) is 1. The Kier molecular flexibility index (Phi) is 8.75. The molecule has 0 heterocycles. The van der Waals surface area contributed by atoms with Crippen LogP contribution in [0.1, 0.15) is 99.3 Å². The van der Waals surface area contributed by atoms with E-state index in [1.54, 1.807) is 0 Å². The van der Waals surface area contributed by atoms with Gasteiger partial charge in [-0.25, -0.2) is 0 Å². The number of esters is 1. The average Bonchev–Trinajstić information content (AvgIpc) is 2.70. The third-order valence-corrected chi connectivity index (χ3v) is 7.16. The fraction of sp³-hybridized carbons (Fsp3) is 0.920. The minimum Gasteiger partial charge on any atom is -0.465 e. The average molecular weight is 409 g/mol. The number of carbonyl (C=O) groups excluding carboxylic acids is 2. The van der Waals surface area contributed by atoms with Crippen LogP contribution in [-0.2, 0) is 19.1 Å². The lowest BCUT2D eigenvalue weighted by Crippen LogP contribution is -2.34. The molecule has 0 spiro atoms. The normalized spacial score (nSPS) is 28.8. The first kappa shape index (κ1) is 24.4. The van der Waals surface area contributed by atoms with Gasteiger partial charge >= 0.3 is 5.97 Å². The molecule has 0 N–H and O–H groups in total. The van der Waals surface area contributed by atoms with Crippen molar-refractivity contribution in [3.05, 3.63) is 0 Å². The van der Waals surface area contributed by atoms with Gasteiger partial charge in [0.1, 0.15) is 5.78 Å². The summed E-state index contributed by atoms with van der Waals surface area (Å²) in [6.45, 7) is 13.9. The SMILES string of the molecule is CCC(C)(C)C(=O)C1CCC(C(=O)OCC2CCC(COC(C)(C)C)CC2)CC1. The van der Waals surface area contributed by atoms with Gasteiger partial charge in [0, 0.05) is 11.3 Å². The van der Waals surface area contributed by atoms with E-state index in [1.807, 2.05) is 13.8 Å². The Bertz CT molecular complexity index is 530.